The van der Waals surface area contributed by atoms with Crippen molar-refractivity contribution in [2.24, 2.45) is 0 Å². The first-order valence-corrected chi connectivity index (χ1v) is 7.35. The fraction of sp³-hybridized carbons (Fsp3) is 0.286. The zero-order valence-electron chi connectivity index (χ0n) is 10.8. The molecule has 0 amide bonds. The predicted molar refractivity (Wildman–Crippen MR) is 72.3 cm³/mol. The summed E-state index contributed by atoms with van der Waals surface area (Å²) < 4.78 is 26.0. The molecule has 1 heterocycles. The molecular formula is C14H17NO2S. The Morgan fingerprint density at radius 3 is 2.17 bits per heavy atom. The molecule has 3 nitrogen and oxygen atoms in total. The van der Waals surface area contributed by atoms with Crippen LogP contribution in [0.15, 0.2) is 47.6 Å². The Hall–Kier alpha value is -1.55. The van der Waals surface area contributed by atoms with Crippen molar-refractivity contribution in [2.45, 2.75) is 31.6 Å². The summed E-state index contributed by atoms with van der Waals surface area (Å²) >= 11 is 0. The monoisotopic (exact) mass is 263 g/mol. The van der Waals surface area contributed by atoms with E-state index in [9.17, 15) is 8.42 Å². The van der Waals surface area contributed by atoms with Crippen LogP contribution in [0.2, 0.25) is 0 Å². The van der Waals surface area contributed by atoms with Gasteiger partial charge in [0.05, 0.1) is 4.90 Å². The highest BCUT2D eigenvalue weighted by atomic mass is 32.2. The molecule has 1 aromatic carbocycles. The van der Waals surface area contributed by atoms with Crippen LogP contribution in [-0.2, 0) is 10.0 Å². The Morgan fingerprint density at radius 2 is 1.67 bits per heavy atom. The van der Waals surface area contributed by atoms with Crippen molar-refractivity contribution < 1.29 is 8.42 Å². The van der Waals surface area contributed by atoms with Crippen LogP contribution in [-0.4, -0.2) is 12.4 Å². The molecule has 96 valence electrons. The van der Waals surface area contributed by atoms with E-state index in [4.69, 9.17) is 0 Å². The van der Waals surface area contributed by atoms with Gasteiger partial charge in [0.2, 0.25) is 0 Å². The Bertz CT molecular complexity index is 637. The van der Waals surface area contributed by atoms with Gasteiger partial charge in [0.15, 0.2) is 0 Å². The lowest BCUT2D eigenvalue weighted by atomic mass is 10.1. The van der Waals surface area contributed by atoms with Crippen molar-refractivity contribution in [1.29, 1.82) is 0 Å². The molecule has 0 radical (unpaired) electrons. The maximum absolute atomic E-state index is 12.3. The van der Waals surface area contributed by atoms with Crippen LogP contribution in [0.1, 0.15) is 30.9 Å². The van der Waals surface area contributed by atoms with Crippen LogP contribution in [0.3, 0.4) is 0 Å². The average Bonchev–Trinajstić information content (AvgIpc) is 2.79. The van der Waals surface area contributed by atoms with E-state index in [1.54, 1.807) is 36.7 Å². The normalized spacial score (nSPS) is 12.0. The van der Waals surface area contributed by atoms with E-state index >= 15 is 0 Å². The van der Waals surface area contributed by atoms with Crippen molar-refractivity contribution in [3.63, 3.8) is 0 Å². The topological polar surface area (TPSA) is 39.1 Å². The number of hydrogen-bond acceptors (Lipinski definition) is 2. The summed E-state index contributed by atoms with van der Waals surface area (Å²) in [7, 11) is -3.45. The largest absolute Gasteiger partial charge is 0.267 e. The van der Waals surface area contributed by atoms with E-state index < -0.39 is 10.0 Å². The van der Waals surface area contributed by atoms with Gasteiger partial charge in [0.25, 0.3) is 10.0 Å². The molecular weight excluding hydrogens is 246 g/mol. The zero-order chi connectivity index (χ0) is 13.3. The second-order valence-electron chi connectivity index (χ2n) is 4.75. The molecule has 0 aliphatic carbocycles. The lowest BCUT2D eigenvalue weighted by Crippen LogP contribution is -2.10. The minimum atomic E-state index is -3.45. The van der Waals surface area contributed by atoms with Gasteiger partial charge in [-0.15, -0.1) is 0 Å². The first-order chi connectivity index (χ1) is 8.41. The summed E-state index contributed by atoms with van der Waals surface area (Å²) in [6.45, 7) is 6.01. The van der Waals surface area contributed by atoms with Crippen LogP contribution in [0.25, 0.3) is 0 Å². The van der Waals surface area contributed by atoms with Gasteiger partial charge in [0, 0.05) is 12.4 Å². The number of aromatic nitrogens is 1. The molecule has 0 saturated carbocycles. The van der Waals surface area contributed by atoms with Crippen LogP contribution < -0.4 is 0 Å². The molecule has 0 unspecified atom stereocenters. The summed E-state index contributed by atoms with van der Waals surface area (Å²) in [4.78, 5) is 0.319. The molecule has 0 aliphatic rings. The summed E-state index contributed by atoms with van der Waals surface area (Å²) in [5, 5.41) is 0. The molecule has 4 heteroatoms. The third kappa shape index (κ3) is 2.34. The SMILES string of the molecule is Cc1ccc(S(=O)(=O)n2ccc(C(C)C)c2)cc1. The summed E-state index contributed by atoms with van der Waals surface area (Å²) in [5.74, 6) is 0.319. The van der Waals surface area contributed by atoms with Gasteiger partial charge in [-0.1, -0.05) is 31.5 Å². The van der Waals surface area contributed by atoms with E-state index in [-0.39, 0.29) is 0 Å². The van der Waals surface area contributed by atoms with Gasteiger partial charge >= 0.3 is 0 Å². The number of rotatable bonds is 3. The summed E-state index contributed by atoms with van der Waals surface area (Å²) in [5.41, 5.74) is 2.06. The number of hydrogen-bond donors (Lipinski definition) is 0. The Kier molecular flexibility index (Phi) is 3.30. The molecule has 2 aromatic rings. The molecule has 0 N–H and O–H groups in total. The fourth-order valence-electron chi connectivity index (χ4n) is 1.72. The van der Waals surface area contributed by atoms with Crippen LogP contribution in [0.5, 0.6) is 0 Å². The smallest absolute Gasteiger partial charge is 0.249 e. The van der Waals surface area contributed by atoms with Crippen molar-refractivity contribution in [2.75, 3.05) is 0 Å². The standard InChI is InChI=1S/C14H17NO2S/c1-11(2)13-8-9-15(10-13)18(16,17)14-6-4-12(3)5-7-14/h4-11H,1-3H3. The molecule has 0 fully saturated rings. The number of aryl methyl sites for hydroxylation is 1. The Balaban J connectivity index is 2.44. The van der Waals surface area contributed by atoms with E-state index in [1.165, 1.54) is 3.97 Å². The van der Waals surface area contributed by atoms with Crippen LogP contribution >= 0.6 is 0 Å². The third-order valence-electron chi connectivity index (χ3n) is 2.95. The molecule has 1 aromatic heterocycles. The average molecular weight is 263 g/mol. The van der Waals surface area contributed by atoms with E-state index in [0.717, 1.165) is 11.1 Å². The van der Waals surface area contributed by atoms with Crippen LogP contribution in [0.4, 0.5) is 0 Å². The minimum Gasteiger partial charge on any atom is -0.249 e. The molecule has 2 rings (SSSR count). The highest BCUT2D eigenvalue weighted by molar-refractivity contribution is 7.90. The summed E-state index contributed by atoms with van der Waals surface area (Å²) in [6.07, 6.45) is 3.28. The van der Waals surface area contributed by atoms with Gasteiger partial charge in [-0.3, -0.25) is 0 Å². The molecule has 0 spiro atoms. The molecule has 0 atom stereocenters. The van der Waals surface area contributed by atoms with Crippen LogP contribution in [0, 0.1) is 6.92 Å². The number of benzene rings is 1. The maximum Gasteiger partial charge on any atom is 0.267 e. The third-order valence-corrected chi connectivity index (χ3v) is 4.60. The predicted octanol–water partition coefficient (Wildman–Crippen LogP) is 3.16. The van der Waals surface area contributed by atoms with Gasteiger partial charge in [-0.05, 0) is 36.6 Å². The van der Waals surface area contributed by atoms with Gasteiger partial charge in [-0.25, -0.2) is 12.4 Å². The first kappa shape index (κ1) is 12.9. The van der Waals surface area contributed by atoms with E-state index in [2.05, 4.69) is 0 Å². The Labute approximate surface area is 108 Å². The quantitative estimate of drug-likeness (QED) is 0.853. The highest BCUT2D eigenvalue weighted by Crippen LogP contribution is 2.19. The fourth-order valence-corrected chi connectivity index (χ4v) is 2.92. The number of nitrogens with zero attached hydrogens (tertiary/aromatic N) is 1. The van der Waals surface area contributed by atoms with Gasteiger partial charge in [-0.2, -0.15) is 0 Å². The first-order valence-electron chi connectivity index (χ1n) is 5.91. The molecule has 18 heavy (non-hydrogen) atoms. The second kappa shape index (κ2) is 4.61. The zero-order valence-corrected chi connectivity index (χ0v) is 11.6. The van der Waals surface area contributed by atoms with E-state index in [1.807, 2.05) is 26.8 Å². The maximum atomic E-state index is 12.3. The molecule has 0 bridgehead atoms. The lowest BCUT2D eigenvalue weighted by Gasteiger charge is -2.06. The second-order valence-corrected chi connectivity index (χ2v) is 6.59. The van der Waals surface area contributed by atoms with Crippen molar-refractivity contribution in [1.82, 2.24) is 3.97 Å². The lowest BCUT2D eigenvalue weighted by molar-refractivity contribution is 0.587. The van der Waals surface area contributed by atoms with Gasteiger partial charge in [0.1, 0.15) is 0 Å². The molecule has 0 saturated heterocycles. The van der Waals surface area contributed by atoms with Crippen molar-refractivity contribution in [3.8, 4) is 0 Å². The van der Waals surface area contributed by atoms with Gasteiger partial charge < -0.3 is 0 Å². The van der Waals surface area contributed by atoms with Crippen molar-refractivity contribution in [3.05, 3.63) is 53.9 Å². The van der Waals surface area contributed by atoms with E-state index in [0.29, 0.717) is 10.8 Å². The minimum absolute atomic E-state index is 0.319. The molecule has 0 aliphatic heterocycles. The Morgan fingerprint density at radius 1 is 1.06 bits per heavy atom. The highest BCUT2D eigenvalue weighted by Gasteiger charge is 2.16. The van der Waals surface area contributed by atoms with Crippen molar-refractivity contribution >= 4 is 10.0 Å². The summed E-state index contributed by atoms with van der Waals surface area (Å²) in [6, 6.07) is 8.73.